The lowest BCUT2D eigenvalue weighted by Crippen LogP contribution is -2.18. The van der Waals surface area contributed by atoms with Crippen LogP contribution in [0.25, 0.3) is 0 Å². The van der Waals surface area contributed by atoms with Crippen LogP contribution in [0.3, 0.4) is 0 Å². The van der Waals surface area contributed by atoms with E-state index in [0.717, 1.165) is 25.1 Å². The molecule has 2 N–H and O–H groups in total. The molecule has 2 nitrogen and oxygen atoms in total. The molecule has 1 heterocycles. The molecule has 2 aromatic carbocycles. The maximum atomic E-state index is 6.10. The quantitative estimate of drug-likeness (QED) is 0.848. The third-order valence-electron chi connectivity index (χ3n) is 4.43. The summed E-state index contributed by atoms with van der Waals surface area (Å²) >= 11 is 12.1. The third kappa shape index (κ3) is 2.42. The van der Waals surface area contributed by atoms with Gasteiger partial charge in [-0.3, -0.25) is 0 Å². The highest BCUT2D eigenvalue weighted by Gasteiger charge is 2.36. The number of nitrogens with two attached hydrogens (primary N) is 1. The number of anilines is 1. The number of benzene rings is 2. The van der Waals surface area contributed by atoms with Crippen LogP contribution in [-0.2, 0) is 12.8 Å². The Kier molecular flexibility index (Phi) is 3.14. The summed E-state index contributed by atoms with van der Waals surface area (Å²) in [7, 11) is 0. The first-order valence-corrected chi connectivity index (χ1v) is 7.96. The molecule has 1 aliphatic carbocycles. The van der Waals surface area contributed by atoms with Gasteiger partial charge in [0, 0.05) is 18.3 Å². The van der Waals surface area contributed by atoms with Gasteiger partial charge in [0.25, 0.3) is 0 Å². The molecule has 2 aromatic rings. The van der Waals surface area contributed by atoms with Gasteiger partial charge in [-0.25, -0.2) is 0 Å². The van der Waals surface area contributed by atoms with E-state index in [0.29, 0.717) is 22.1 Å². The molecular weight excluding hydrogens is 303 g/mol. The number of fused-ring (bicyclic) bond motifs is 1. The largest absolute Gasteiger partial charge is 0.360 e. The van der Waals surface area contributed by atoms with Gasteiger partial charge >= 0.3 is 0 Å². The van der Waals surface area contributed by atoms with Gasteiger partial charge in [0.05, 0.1) is 16.1 Å². The van der Waals surface area contributed by atoms with E-state index in [9.17, 15) is 0 Å². The molecule has 2 aliphatic rings. The summed E-state index contributed by atoms with van der Waals surface area (Å²) in [6, 6.07) is 13.4. The van der Waals surface area contributed by atoms with Gasteiger partial charge in [-0.1, -0.05) is 41.4 Å². The van der Waals surface area contributed by atoms with Crippen molar-refractivity contribution in [2.75, 3.05) is 11.4 Å². The molecule has 0 saturated carbocycles. The van der Waals surface area contributed by atoms with Crippen molar-refractivity contribution in [3.63, 3.8) is 0 Å². The van der Waals surface area contributed by atoms with Gasteiger partial charge < -0.3 is 10.6 Å². The van der Waals surface area contributed by atoms with Crippen LogP contribution in [0, 0.1) is 0 Å². The Morgan fingerprint density at radius 2 is 1.76 bits per heavy atom. The lowest BCUT2D eigenvalue weighted by Gasteiger charge is -2.08. The van der Waals surface area contributed by atoms with Gasteiger partial charge in [0.15, 0.2) is 0 Å². The van der Waals surface area contributed by atoms with Gasteiger partial charge in [-0.05, 0) is 47.7 Å². The number of hydrogen-bond acceptors (Lipinski definition) is 2. The minimum Gasteiger partial charge on any atom is -0.360 e. The molecule has 2 unspecified atom stereocenters. The number of hydrogen-bond donors (Lipinski definition) is 1. The Balaban J connectivity index is 1.57. The lowest BCUT2D eigenvalue weighted by molar-refractivity contribution is 0.721. The highest BCUT2D eigenvalue weighted by atomic mass is 35.5. The van der Waals surface area contributed by atoms with Crippen molar-refractivity contribution >= 4 is 28.9 Å². The van der Waals surface area contributed by atoms with E-state index < -0.39 is 0 Å². The van der Waals surface area contributed by atoms with Crippen LogP contribution in [0.1, 0.15) is 22.7 Å². The third-order valence-corrected chi connectivity index (χ3v) is 5.17. The lowest BCUT2D eigenvalue weighted by atomic mass is 10.0. The fourth-order valence-electron chi connectivity index (χ4n) is 3.25. The summed E-state index contributed by atoms with van der Waals surface area (Å²) in [5, 5.41) is 1.21. The predicted molar refractivity (Wildman–Crippen MR) is 88.4 cm³/mol. The van der Waals surface area contributed by atoms with Gasteiger partial charge in [0.1, 0.15) is 0 Å². The van der Waals surface area contributed by atoms with Crippen molar-refractivity contribution in [1.29, 1.82) is 0 Å². The number of halogens is 2. The minimum atomic E-state index is 0.292. The first-order valence-electron chi connectivity index (χ1n) is 7.21. The van der Waals surface area contributed by atoms with Crippen molar-refractivity contribution in [3.05, 3.63) is 63.1 Å². The first kappa shape index (κ1) is 13.4. The van der Waals surface area contributed by atoms with E-state index in [4.69, 9.17) is 28.9 Å². The average molecular weight is 319 g/mol. The molecule has 1 saturated heterocycles. The predicted octanol–water partition coefficient (Wildman–Crippen LogP) is 3.98. The Morgan fingerprint density at radius 3 is 2.57 bits per heavy atom. The molecule has 0 bridgehead atoms. The van der Waals surface area contributed by atoms with E-state index in [2.05, 4.69) is 23.1 Å². The number of nitrogens with zero attached hydrogens (tertiary/aromatic N) is 1. The molecule has 1 aliphatic heterocycles. The summed E-state index contributed by atoms with van der Waals surface area (Å²) in [5.74, 6) is 0. The standard InChI is InChI=1S/C17H16Cl2N2/c18-15-4-3-14(8-16(15)19)21-9-17(21)11-2-1-10-6-13(20)7-12(10)5-11/h1-5,8,13,17H,6-7,9,20H2. The number of rotatable bonds is 2. The van der Waals surface area contributed by atoms with Crippen molar-refractivity contribution in [3.8, 4) is 0 Å². The summed E-state index contributed by atoms with van der Waals surface area (Å²) < 4.78 is 0. The van der Waals surface area contributed by atoms with Gasteiger partial charge in [-0.15, -0.1) is 0 Å². The van der Waals surface area contributed by atoms with E-state index in [1.54, 1.807) is 0 Å². The fraction of sp³-hybridized carbons (Fsp3) is 0.294. The van der Waals surface area contributed by atoms with E-state index in [1.165, 1.54) is 16.7 Å². The first-order chi connectivity index (χ1) is 10.1. The highest BCUT2D eigenvalue weighted by molar-refractivity contribution is 6.42. The molecule has 2 atom stereocenters. The van der Waals surface area contributed by atoms with Crippen molar-refractivity contribution < 1.29 is 0 Å². The van der Waals surface area contributed by atoms with Crippen LogP contribution in [0.15, 0.2) is 36.4 Å². The van der Waals surface area contributed by atoms with Crippen LogP contribution in [0.4, 0.5) is 5.69 Å². The fourth-order valence-corrected chi connectivity index (χ4v) is 3.55. The van der Waals surface area contributed by atoms with E-state index in [1.807, 2.05) is 18.2 Å². The van der Waals surface area contributed by atoms with Gasteiger partial charge in [0.2, 0.25) is 0 Å². The smallest absolute Gasteiger partial charge is 0.0719 e. The molecule has 0 aromatic heterocycles. The molecule has 0 amide bonds. The molecule has 0 spiro atoms. The van der Waals surface area contributed by atoms with Crippen LogP contribution in [0.2, 0.25) is 10.0 Å². The second-order valence-electron chi connectivity index (χ2n) is 5.96. The summed E-state index contributed by atoms with van der Waals surface area (Å²) in [4.78, 5) is 2.33. The van der Waals surface area contributed by atoms with E-state index in [-0.39, 0.29) is 0 Å². The normalized spacial score (nSPS) is 23.3. The Labute approximate surface area is 134 Å². The van der Waals surface area contributed by atoms with E-state index >= 15 is 0 Å². The zero-order valence-corrected chi connectivity index (χ0v) is 13.0. The zero-order chi connectivity index (χ0) is 14.6. The maximum absolute atomic E-state index is 6.10. The van der Waals surface area contributed by atoms with Crippen molar-refractivity contribution in [2.24, 2.45) is 5.73 Å². The molecule has 1 fully saturated rings. The Bertz CT molecular complexity index is 714. The molecule has 0 radical (unpaired) electrons. The van der Waals surface area contributed by atoms with Crippen LogP contribution >= 0.6 is 23.2 Å². The van der Waals surface area contributed by atoms with Crippen molar-refractivity contribution in [1.82, 2.24) is 0 Å². The molecule has 108 valence electrons. The molecule has 4 heteroatoms. The minimum absolute atomic E-state index is 0.292. The molecule has 21 heavy (non-hydrogen) atoms. The highest BCUT2D eigenvalue weighted by Crippen LogP contribution is 2.42. The van der Waals surface area contributed by atoms with Crippen molar-refractivity contribution in [2.45, 2.75) is 24.9 Å². The Hall–Kier alpha value is -1.22. The average Bonchev–Trinajstić information content (AvgIpc) is 3.16. The van der Waals surface area contributed by atoms with Crippen LogP contribution in [0.5, 0.6) is 0 Å². The van der Waals surface area contributed by atoms with Crippen LogP contribution in [-0.4, -0.2) is 12.6 Å². The summed E-state index contributed by atoms with van der Waals surface area (Å²) in [6.45, 7) is 1.03. The Morgan fingerprint density at radius 1 is 0.952 bits per heavy atom. The second-order valence-corrected chi connectivity index (χ2v) is 6.78. The zero-order valence-electron chi connectivity index (χ0n) is 11.5. The maximum Gasteiger partial charge on any atom is 0.0719 e. The topological polar surface area (TPSA) is 29.0 Å². The second kappa shape index (κ2) is 4.91. The molecule has 4 rings (SSSR count). The monoisotopic (exact) mass is 318 g/mol. The summed E-state index contributed by atoms with van der Waals surface area (Å²) in [6.07, 6.45) is 2.01. The molecular formula is C17H16Cl2N2. The van der Waals surface area contributed by atoms with Crippen LogP contribution < -0.4 is 10.6 Å². The summed E-state index contributed by atoms with van der Waals surface area (Å²) in [5.41, 5.74) is 11.4. The SMILES string of the molecule is NC1Cc2ccc(C3CN3c3ccc(Cl)c(Cl)c3)cc2C1. The van der Waals surface area contributed by atoms with Gasteiger partial charge in [-0.2, -0.15) is 0 Å².